The van der Waals surface area contributed by atoms with Gasteiger partial charge in [0.05, 0.1) is 29.3 Å². The van der Waals surface area contributed by atoms with E-state index in [4.69, 9.17) is 10.5 Å². The zero-order valence-electron chi connectivity index (χ0n) is 17.5. The number of thioether (sulfide) groups is 1. The van der Waals surface area contributed by atoms with Crippen molar-refractivity contribution >= 4 is 17.8 Å². The van der Waals surface area contributed by atoms with E-state index in [1.54, 1.807) is 24.3 Å². The van der Waals surface area contributed by atoms with Crippen molar-refractivity contribution in [2.75, 3.05) is 13.3 Å². The topological polar surface area (TPSA) is 166 Å². The number of aromatic hydroxyl groups is 1. The summed E-state index contributed by atoms with van der Waals surface area (Å²) in [5, 5.41) is 51.8. The minimum absolute atomic E-state index is 0.0196. The highest BCUT2D eigenvalue weighted by atomic mass is 32.2. The summed E-state index contributed by atoms with van der Waals surface area (Å²) >= 11 is 1.13. The van der Waals surface area contributed by atoms with Crippen molar-refractivity contribution in [2.45, 2.75) is 42.2 Å². The smallest absolute Gasteiger partial charge is 0.314 e. The molecule has 0 radical (unpaired) electrons. The Morgan fingerprint density at radius 2 is 1.81 bits per heavy atom. The molecule has 0 bridgehead atoms. The number of urea groups is 1. The molecule has 1 aliphatic rings. The molecule has 8 N–H and O–H groups in total. The molecule has 0 spiro atoms. The van der Waals surface area contributed by atoms with Gasteiger partial charge >= 0.3 is 6.03 Å². The van der Waals surface area contributed by atoms with Gasteiger partial charge in [-0.05, 0) is 48.2 Å². The van der Waals surface area contributed by atoms with Crippen molar-refractivity contribution in [3.8, 4) is 11.5 Å². The van der Waals surface area contributed by atoms with Crippen molar-refractivity contribution < 1.29 is 35.1 Å². The summed E-state index contributed by atoms with van der Waals surface area (Å²) in [6.45, 7) is 1.46. The molecule has 2 aromatic carbocycles. The Bertz CT molecular complexity index is 939. The second-order valence-corrected chi connectivity index (χ2v) is 9.12. The Labute approximate surface area is 189 Å². The predicted octanol–water partition coefficient (Wildman–Crippen LogP) is 0.528. The highest BCUT2D eigenvalue weighted by Gasteiger charge is 2.44. The Morgan fingerprint density at radius 3 is 2.44 bits per heavy atom. The Balaban J connectivity index is 1.79. The number of amides is 2. The number of nitrogens with two attached hydrogens (primary N) is 1. The number of hydrogen-bond acceptors (Lipinski definition) is 8. The van der Waals surface area contributed by atoms with E-state index in [1.165, 1.54) is 0 Å². The van der Waals surface area contributed by atoms with Crippen LogP contribution in [0.25, 0.3) is 0 Å². The molecule has 10 heteroatoms. The largest absolute Gasteiger partial charge is 0.508 e. The fourth-order valence-electron chi connectivity index (χ4n) is 3.65. The van der Waals surface area contributed by atoms with Crippen molar-refractivity contribution in [3.63, 3.8) is 0 Å². The zero-order valence-corrected chi connectivity index (χ0v) is 18.3. The molecular weight excluding hydrogens is 436 g/mol. The number of phenolic OH excluding ortho intramolecular Hbond substituents is 1. The van der Waals surface area contributed by atoms with Gasteiger partial charge in [-0.3, -0.25) is 0 Å². The van der Waals surface area contributed by atoms with Gasteiger partial charge in [-0.2, -0.15) is 0 Å². The van der Waals surface area contributed by atoms with Crippen molar-refractivity contribution in [1.29, 1.82) is 0 Å². The number of aliphatic hydroxyl groups is 4. The molecule has 32 heavy (non-hydrogen) atoms. The number of hydrogen-bond donors (Lipinski definition) is 7. The lowest BCUT2D eigenvalue weighted by Crippen LogP contribution is -2.51. The van der Waals surface area contributed by atoms with Crippen LogP contribution in [0.15, 0.2) is 36.4 Å². The Hall–Kier alpha value is -2.50. The third kappa shape index (κ3) is 5.45. The van der Waals surface area contributed by atoms with Crippen molar-refractivity contribution in [1.82, 2.24) is 5.32 Å². The Morgan fingerprint density at radius 1 is 1.12 bits per heavy atom. The first-order valence-corrected chi connectivity index (χ1v) is 11.0. The number of aryl methyl sites for hydroxylation is 1. The number of aliphatic hydroxyl groups excluding tert-OH is 4. The van der Waals surface area contributed by atoms with Gasteiger partial charge in [0.15, 0.2) is 6.73 Å². The van der Waals surface area contributed by atoms with Gasteiger partial charge < -0.3 is 41.3 Å². The molecule has 0 aliphatic carbocycles. The van der Waals surface area contributed by atoms with E-state index < -0.39 is 34.8 Å². The van der Waals surface area contributed by atoms with Crippen LogP contribution >= 0.6 is 11.8 Å². The maximum atomic E-state index is 10.7. The van der Waals surface area contributed by atoms with Gasteiger partial charge in [0.1, 0.15) is 17.6 Å². The van der Waals surface area contributed by atoms with Crippen LogP contribution in [0.5, 0.6) is 11.5 Å². The average Bonchev–Trinajstić information content (AvgIpc) is 2.75. The third-order valence-corrected chi connectivity index (χ3v) is 7.09. The number of phenols is 1. The second kappa shape index (κ2) is 10.4. The Kier molecular flexibility index (Phi) is 7.86. The second-order valence-electron chi connectivity index (χ2n) is 7.74. The summed E-state index contributed by atoms with van der Waals surface area (Å²) in [4.78, 5) is 10.7. The van der Waals surface area contributed by atoms with Crippen LogP contribution < -0.4 is 15.8 Å². The molecule has 2 amide bonds. The van der Waals surface area contributed by atoms with E-state index in [-0.39, 0.29) is 19.1 Å². The molecule has 0 unspecified atom stereocenters. The highest BCUT2D eigenvalue weighted by molar-refractivity contribution is 8.00. The van der Waals surface area contributed by atoms with Gasteiger partial charge in [0.25, 0.3) is 0 Å². The van der Waals surface area contributed by atoms with Crippen LogP contribution in [-0.2, 0) is 6.42 Å². The molecule has 1 saturated heterocycles. The SMILES string of the molecule is Cc1cc(O)c([C@@H]2S[C@H](CO)[C@@H](O)[C@H](O)[C@H]2O)cc1Cc1ccc(OCNC(N)=O)cc1. The summed E-state index contributed by atoms with van der Waals surface area (Å²) < 4.78 is 5.37. The first-order valence-electron chi connectivity index (χ1n) is 10.1. The number of carbonyl (C=O) groups excluding carboxylic acids is 1. The average molecular weight is 465 g/mol. The van der Waals surface area contributed by atoms with Crippen LogP contribution in [0.2, 0.25) is 0 Å². The molecule has 9 nitrogen and oxygen atoms in total. The predicted molar refractivity (Wildman–Crippen MR) is 120 cm³/mol. The van der Waals surface area contributed by atoms with E-state index in [0.717, 1.165) is 28.5 Å². The minimum Gasteiger partial charge on any atom is -0.508 e. The molecule has 1 heterocycles. The van der Waals surface area contributed by atoms with Gasteiger partial charge in [0.2, 0.25) is 0 Å². The standard InChI is InChI=1S/C22H28N2O7S/c1-11-6-16(26)15(21-20(29)19(28)18(27)17(9-25)32-21)8-13(11)7-12-2-4-14(5-3-12)31-10-24-22(23)30/h2-6,8,17-21,25-29H,7,9-10H2,1H3,(H3,23,24,30)/t17-,18-,19+,20-,21+/m1/s1. The molecular formula is C22H28N2O7S. The molecule has 174 valence electrons. The number of carbonyl (C=O) groups is 1. The minimum atomic E-state index is -1.43. The quantitative estimate of drug-likeness (QED) is 0.291. The van der Waals surface area contributed by atoms with E-state index in [0.29, 0.717) is 17.7 Å². The number of ether oxygens (including phenoxy) is 1. The van der Waals surface area contributed by atoms with Crippen LogP contribution in [0.4, 0.5) is 4.79 Å². The van der Waals surface area contributed by atoms with E-state index in [2.05, 4.69) is 5.32 Å². The van der Waals surface area contributed by atoms with Gasteiger partial charge in [-0.1, -0.05) is 18.2 Å². The number of benzene rings is 2. The first-order chi connectivity index (χ1) is 15.2. The van der Waals surface area contributed by atoms with Crippen LogP contribution in [0, 0.1) is 6.92 Å². The molecule has 5 atom stereocenters. The fraction of sp³-hybridized carbons (Fsp3) is 0.409. The maximum Gasteiger partial charge on any atom is 0.314 e. The molecule has 0 saturated carbocycles. The zero-order chi connectivity index (χ0) is 23.4. The lowest BCUT2D eigenvalue weighted by atomic mass is 9.92. The summed E-state index contributed by atoms with van der Waals surface area (Å²) in [7, 11) is 0. The first kappa shape index (κ1) is 24.1. The summed E-state index contributed by atoms with van der Waals surface area (Å²) in [6.07, 6.45) is -3.45. The normalized spacial score (nSPS) is 25.3. The lowest BCUT2D eigenvalue weighted by molar-refractivity contribution is -0.0701. The van der Waals surface area contributed by atoms with E-state index in [9.17, 15) is 30.3 Å². The van der Waals surface area contributed by atoms with Gasteiger partial charge in [-0.15, -0.1) is 11.8 Å². The lowest BCUT2D eigenvalue weighted by Gasteiger charge is -2.40. The number of nitrogens with one attached hydrogen (secondary N) is 1. The summed E-state index contributed by atoms with van der Waals surface area (Å²) in [5.74, 6) is 0.545. The molecule has 2 aromatic rings. The van der Waals surface area contributed by atoms with E-state index in [1.807, 2.05) is 19.1 Å². The fourth-order valence-corrected chi connectivity index (χ4v) is 5.09. The van der Waals surface area contributed by atoms with Crippen LogP contribution in [0.1, 0.15) is 27.5 Å². The summed E-state index contributed by atoms with van der Waals surface area (Å²) in [5.41, 5.74) is 8.17. The molecule has 0 aromatic heterocycles. The summed E-state index contributed by atoms with van der Waals surface area (Å²) in [6, 6.07) is 9.99. The van der Waals surface area contributed by atoms with Gasteiger partial charge in [0, 0.05) is 5.56 Å². The molecule has 1 aliphatic heterocycles. The highest BCUT2D eigenvalue weighted by Crippen LogP contribution is 2.46. The van der Waals surface area contributed by atoms with Crippen molar-refractivity contribution in [3.05, 3.63) is 58.7 Å². The van der Waals surface area contributed by atoms with Crippen LogP contribution in [0.3, 0.4) is 0 Å². The van der Waals surface area contributed by atoms with Crippen LogP contribution in [-0.4, -0.2) is 68.5 Å². The number of primary amides is 1. The monoisotopic (exact) mass is 464 g/mol. The number of rotatable bonds is 7. The maximum absolute atomic E-state index is 10.7. The van der Waals surface area contributed by atoms with Crippen molar-refractivity contribution in [2.24, 2.45) is 5.73 Å². The van der Waals surface area contributed by atoms with Gasteiger partial charge in [-0.25, -0.2) is 4.79 Å². The molecule has 1 fully saturated rings. The van der Waals surface area contributed by atoms with E-state index >= 15 is 0 Å². The molecule has 3 rings (SSSR count). The third-order valence-electron chi connectivity index (χ3n) is 5.49.